The third-order valence-corrected chi connectivity index (χ3v) is 6.13. The zero-order valence-corrected chi connectivity index (χ0v) is 20.7. The summed E-state index contributed by atoms with van der Waals surface area (Å²) in [6.07, 6.45) is 3.29. The van der Waals surface area contributed by atoms with Crippen LogP contribution in [0.3, 0.4) is 0 Å². The molecule has 4 aromatic carbocycles. The second kappa shape index (κ2) is 11.5. The fourth-order valence-corrected chi connectivity index (χ4v) is 4.28. The molecule has 0 amide bonds. The molecule has 4 nitrogen and oxygen atoms in total. The predicted octanol–water partition coefficient (Wildman–Crippen LogP) is 7.35. The van der Waals surface area contributed by atoms with Crippen molar-refractivity contribution in [3.8, 4) is 28.3 Å². The van der Waals surface area contributed by atoms with E-state index in [1.165, 1.54) is 0 Å². The Morgan fingerprint density at radius 1 is 0.833 bits per heavy atom. The van der Waals surface area contributed by atoms with Gasteiger partial charge in [0.2, 0.25) is 0 Å². The van der Waals surface area contributed by atoms with Gasteiger partial charge in [-0.1, -0.05) is 84.9 Å². The van der Waals surface area contributed by atoms with Crippen LogP contribution in [0.25, 0.3) is 22.3 Å². The average molecular weight is 492 g/mol. The summed E-state index contributed by atoms with van der Waals surface area (Å²) in [5.41, 5.74) is 7.80. The van der Waals surface area contributed by atoms with Crippen molar-refractivity contribution in [3.63, 3.8) is 0 Å². The van der Waals surface area contributed by atoms with Gasteiger partial charge in [0.25, 0.3) is 0 Å². The first-order valence-electron chi connectivity index (χ1n) is 11.5. The minimum atomic E-state index is -0.327. The lowest BCUT2D eigenvalue weighted by atomic mass is 9.93. The van der Waals surface area contributed by atoms with Gasteiger partial charge < -0.3 is 9.30 Å². The van der Waals surface area contributed by atoms with Gasteiger partial charge in [-0.15, -0.1) is 12.4 Å². The number of nitrogens with zero attached hydrogens (tertiary/aromatic N) is 3. The van der Waals surface area contributed by atoms with E-state index >= 15 is 0 Å². The first kappa shape index (κ1) is 24.9. The third kappa shape index (κ3) is 5.39. The van der Waals surface area contributed by atoms with Crippen LogP contribution in [0.15, 0.2) is 116 Å². The lowest BCUT2D eigenvalue weighted by Gasteiger charge is -2.20. The number of aromatic nitrogens is 2. The Bertz CT molecular complexity index is 1470. The van der Waals surface area contributed by atoms with Gasteiger partial charge in [0.1, 0.15) is 6.10 Å². The van der Waals surface area contributed by atoms with Crippen LogP contribution in [-0.2, 0) is 18.4 Å². The van der Waals surface area contributed by atoms with Gasteiger partial charge in [0.05, 0.1) is 36.5 Å². The Hall–Kier alpha value is -4.17. The summed E-state index contributed by atoms with van der Waals surface area (Å²) in [7, 11) is 1.97. The molecular formula is C31H26ClN3O. The largest absolute Gasteiger partial charge is 0.363 e. The molecule has 1 aromatic heterocycles. The van der Waals surface area contributed by atoms with E-state index in [0.717, 1.165) is 39.1 Å². The molecule has 0 N–H and O–H groups in total. The number of halogens is 1. The fourth-order valence-electron chi connectivity index (χ4n) is 4.28. The number of nitriles is 1. The van der Waals surface area contributed by atoms with Gasteiger partial charge in [0, 0.05) is 7.05 Å². The van der Waals surface area contributed by atoms with Crippen molar-refractivity contribution in [1.29, 1.82) is 5.26 Å². The van der Waals surface area contributed by atoms with Gasteiger partial charge in [-0.05, 0) is 51.6 Å². The summed E-state index contributed by atoms with van der Waals surface area (Å²) in [4.78, 5) is 4.31. The predicted molar refractivity (Wildman–Crippen MR) is 146 cm³/mol. The van der Waals surface area contributed by atoms with Gasteiger partial charge in [-0.2, -0.15) is 5.26 Å². The summed E-state index contributed by atoms with van der Waals surface area (Å²) in [6, 6.07) is 37.0. The van der Waals surface area contributed by atoms with Crippen LogP contribution in [0.4, 0.5) is 0 Å². The number of imidazole rings is 1. The fraction of sp³-hybridized carbons (Fsp3) is 0.0968. The number of rotatable bonds is 7. The molecule has 1 heterocycles. The van der Waals surface area contributed by atoms with Crippen LogP contribution in [0.2, 0.25) is 0 Å². The molecule has 0 aliphatic heterocycles. The molecule has 0 saturated heterocycles. The number of ether oxygens (including phenoxy) is 1. The smallest absolute Gasteiger partial charge is 0.124 e. The van der Waals surface area contributed by atoms with E-state index in [1.807, 2.05) is 72.4 Å². The average Bonchev–Trinajstić information content (AvgIpc) is 3.35. The van der Waals surface area contributed by atoms with Gasteiger partial charge in [-0.25, -0.2) is 4.98 Å². The number of hydrogen-bond donors (Lipinski definition) is 0. The molecule has 1 atom stereocenters. The summed E-state index contributed by atoms with van der Waals surface area (Å²) in [5.74, 6) is 0. The second-order valence-electron chi connectivity index (χ2n) is 8.47. The first-order valence-corrected chi connectivity index (χ1v) is 11.5. The molecule has 0 fully saturated rings. The van der Waals surface area contributed by atoms with Crippen LogP contribution in [-0.4, -0.2) is 9.55 Å². The molecule has 0 spiro atoms. The highest BCUT2D eigenvalue weighted by molar-refractivity contribution is 5.85. The molecule has 5 aromatic rings. The minimum absolute atomic E-state index is 0. The maximum Gasteiger partial charge on any atom is 0.124 e. The Labute approximate surface area is 217 Å². The first-order chi connectivity index (χ1) is 17.2. The quantitative estimate of drug-likeness (QED) is 0.239. The van der Waals surface area contributed by atoms with E-state index < -0.39 is 0 Å². The number of hydrogen-bond acceptors (Lipinski definition) is 3. The molecule has 0 aliphatic carbocycles. The van der Waals surface area contributed by atoms with E-state index in [2.05, 4.69) is 59.6 Å². The molecule has 178 valence electrons. The summed E-state index contributed by atoms with van der Waals surface area (Å²) in [5, 5.41) is 9.88. The standard InChI is InChI=1S/C31H25N3O.ClH/c1-34-22-33-20-30(34)31(35-21-23-9-4-2-5-10-23)27-15-16-28(19-32)29(18-27)26-14-8-13-25(17-26)24-11-6-3-7-12-24;/h2-18,20,22,31H,21H2,1H3;1H/t31-;/m1./s1. The SMILES string of the molecule is Cl.Cn1cncc1[C@H](OCc1ccccc1)c1ccc(C#N)c(-c2cccc(-c3ccccc3)c2)c1. The molecule has 0 unspecified atom stereocenters. The van der Waals surface area contributed by atoms with E-state index in [4.69, 9.17) is 4.74 Å². The monoisotopic (exact) mass is 491 g/mol. The lowest BCUT2D eigenvalue weighted by molar-refractivity contribution is 0.0622. The van der Waals surface area contributed by atoms with Crippen LogP contribution in [0.5, 0.6) is 0 Å². The van der Waals surface area contributed by atoms with Gasteiger partial charge in [0.15, 0.2) is 0 Å². The topological polar surface area (TPSA) is 50.8 Å². The van der Waals surface area contributed by atoms with Crippen LogP contribution >= 0.6 is 12.4 Å². The van der Waals surface area contributed by atoms with Crippen LogP contribution in [0.1, 0.15) is 28.5 Å². The highest BCUT2D eigenvalue weighted by Crippen LogP contribution is 2.34. The van der Waals surface area contributed by atoms with Crippen molar-refractivity contribution in [2.24, 2.45) is 7.05 Å². The Morgan fingerprint density at radius 3 is 2.22 bits per heavy atom. The molecule has 5 heteroatoms. The van der Waals surface area contributed by atoms with Crippen LogP contribution < -0.4 is 0 Å². The van der Waals surface area contributed by atoms with Gasteiger partial charge in [-0.3, -0.25) is 0 Å². The lowest BCUT2D eigenvalue weighted by Crippen LogP contribution is -2.11. The van der Waals surface area contributed by atoms with Crippen molar-refractivity contribution in [3.05, 3.63) is 138 Å². The molecule has 0 radical (unpaired) electrons. The van der Waals surface area contributed by atoms with Crippen molar-refractivity contribution in [2.45, 2.75) is 12.7 Å². The van der Waals surface area contributed by atoms with Crippen LogP contribution in [0, 0.1) is 11.3 Å². The number of aryl methyl sites for hydroxylation is 1. The van der Waals surface area contributed by atoms with Crippen molar-refractivity contribution >= 4 is 12.4 Å². The zero-order chi connectivity index (χ0) is 24.0. The minimum Gasteiger partial charge on any atom is -0.363 e. The van der Waals surface area contributed by atoms with E-state index in [0.29, 0.717) is 12.2 Å². The normalized spacial score (nSPS) is 11.3. The highest BCUT2D eigenvalue weighted by Gasteiger charge is 2.20. The molecule has 0 bridgehead atoms. The molecular weight excluding hydrogens is 466 g/mol. The summed E-state index contributed by atoms with van der Waals surface area (Å²) in [6.45, 7) is 0.468. The molecule has 0 saturated carbocycles. The summed E-state index contributed by atoms with van der Waals surface area (Å²) < 4.78 is 8.43. The third-order valence-electron chi connectivity index (χ3n) is 6.13. The Balaban J connectivity index is 0.00000304. The Morgan fingerprint density at radius 2 is 1.53 bits per heavy atom. The molecule has 5 rings (SSSR count). The molecule has 36 heavy (non-hydrogen) atoms. The van der Waals surface area contributed by atoms with Crippen molar-refractivity contribution < 1.29 is 4.74 Å². The van der Waals surface area contributed by atoms with Gasteiger partial charge >= 0.3 is 0 Å². The Kier molecular flexibility index (Phi) is 7.97. The van der Waals surface area contributed by atoms with Crippen molar-refractivity contribution in [2.75, 3.05) is 0 Å². The van der Waals surface area contributed by atoms with E-state index in [1.54, 1.807) is 6.33 Å². The second-order valence-corrected chi connectivity index (χ2v) is 8.47. The zero-order valence-electron chi connectivity index (χ0n) is 19.9. The number of benzene rings is 4. The maximum absolute atomic E-state index is 9.88. The summed E-state index contributed by atoms with van der Waals surface area (Å²) >= 11 is 0. The highest BCUT2D eigenvalue weighted by atomic mass is 35.5. The van der Waals surface area contributed by atoms with Crippen molar-refractivity contribution in [1.82, 2.24) is 9.55 Å². The molecule has 0 aliphatic rings. The van der Waals surface area contributed by atoms with E-state index in [-0.39, 0.29) is 18.5 Å². The maximum atomic E-state index is 9.88. The van der Waals surface area contributed by atoms with E-state index in [9.17, 15) is 5.26 Å².